The molecule has 1 atom stereocenters. The molecule has 34 heavy (non-hydrogen) atoms. The maximum atomic E-state index is 13.5. The van der Waals surface area contributed by atoms with E-state index in [4.69, 9.17) is 16.3 Å². The Bertz CT molecular complexity index is 1240. The average molecular weight is 493 g/mol. The van der Waals surface area contributed by atoms with Crippen molar-refractivity contribution in [3.63, 3.8) is 0 Å². The first-order valence-electron chi connectivity index (χ1n) is 10.3. The summed E-state index contributed by atoms with van der Waals surface area (Å²) in [5, 5.41) is 6.75. The number of hydrogen-bond acceptors (Lipinski definition) is 4. The van der Waals surface area contributed by atoms with Gasteiger partial charge in [-0.25, -0.2) is 0 Å². The molecule has 1 aliphatic rings. The summed E-state index contributed by atoms with van der Waals surface area (Å²) in [7, 11) is 3.17. The van der Waals surface area contributed by atoms with E-state index in [9.17, 15) is 22.8 Å². The highest BCUT2D eigenvalue weighted by atomic mass is 35.5. The summed E-state index contributed by atoms with van der Waals surface area (Å²) in [5.41, 5.74) is -0.211. The van der Waals surface area contributed by atoms with Gasteiger partial charge in [0.15, 0.2) is 0 Å². The minimum absolute atomic E-state index is 0.122. The van der Waals surface area contributed by atoms with E-state index in [2.05, 4.69) is 10.4 Å². The number of anilines is 1. The molecule has 0 aliphatic carbocycles. The third-order valence-corrected chi connectivity index (χ3v) is 5.88. The van der Waals surface area contributed by atoms with Crippen LogP contribution in [0.25, 0.3) is 0 Å². The fourth-order valence-electron chi connectivity index (χ4n) is 3.99. The van der Waals surface area contributed by atoms with Crippen LogP contribution in [0.5, 0.6) is 5.75 Å². The molecule has 7 nitrogen and oxygen atoms in total. The molecule has 2 aromatic carbocycles. The second-order valence-electron chi connectivity index (χ2n) is 7.73. The van der Waals surface area contributed by atoms with Crippen LogP contribution in [0, 0.1) is 0 Å². The van der Waals surface area contributed by atoms with Crippen LogP contribution in [0.15, 0.2) is 48.7 Å². The number of carbonyl (C=O) groups is 2. The summed E-state index contributed by atoms with van der Waals surface area (Å²) in [6.45, 7) is 0.237. The van der Waals surface area contributed by atoms with Gasteiger partial charge in [-0.15, -0.1) is 0 Å². The predicted molar refractivity (Wildman–Crippen MR) is 119 cm³/mol. The van der Waals surface area contributed by atoms with Gasteiger partial charge in [0.05, 0.1) is 41.9 Å². The number of nitrogens with zero attached hydrogens (tertiary/aromatic N) is 3. The Balaban J connectivity index is 1.61. The van der Waals surface area contributed by atoms with Crippen molar-refractivity contribution in [2.45, 2.75) is 18.6 Å². The molecular weight excluding hydrogens is 473 g/mol. The fourth-order valence-corrected chi connectivity index (χ4v) is 4.16. The second kappa shape index (κ2) is 9.02. The van der Waals surface area contributed by atoms with Crippen molar-refractivity contribution in [1.29, 1.82) is 0 Å². The zero-order chi connectivity index (χ0) is 24.6. The lowest BCUT2D eigenvalue weighted by Crippen LogP contribution is -2.41. The number of ether oxygens (including phenoxy) is 1. The molecule has 0 saturated carbocycles. The summed E-state index contributed by atoms with van der Waals surface area (Å²) in [6.07, 6.45) is -2.96. The maximum Gasteiger partial charge on any atom is 0.417 e. The largest absolute Gasteiger partial charge is 0.497 e. The first-order chi connectivity index (χ1) is 16.1. The zero-order valence-electron chi connectivity index (χ0n) is 18.2. The molecule has 178 valence electrons. The van der Waals surface area contributed by atoms with Gasteiger partial charge in [-0.05, 0) is 48.9 Å². The number of rotatable bonds is 4. The van der Waals surface area contributed by atoms with Gasteiger partial charge in [0.25, 0.3) is 11.8 Å². The van der Waals surface area contributed by atoms with Crippen molar-refractivity contribution in [3.8, 4) is 5.75 Å². The minimum Gasteiger partial charge on any atom is -0.497 e. The lowest BCUT2D eigenvalue weighted by Gasteiger charge is -2.32. The first kappa shape index (κ1) is 23.6. The number of methoxy groups -OCH3 is 1. The smallest absolute Gasteiger partial charge is 0.417 e. The number of halogens is 4. The molecular formula is C23H20ClF3N4O3. The van der Waals surface area contributed by atoms with Crippen molar-refractivity contribution in [2.24, 2.45) is 7.05 Å². The number of benzene rings is 2. The van der Waals surface area contributed by atoms with Gasteiger partial charge in [-0.1, -0.05) is 11.6 Å². The fraction of sp³-hybridized carbons (Fsp3) is 0.261. The number of aromatic nitrogens is 2. The Kier molecular flexibility index (Phi) is 6.26. The van der Waals surface area contributed by atoms with E-state index in [-0.39, 0.29) is 23.9 Å². The number of fused-ring (bicyclic) bond motifs is 1. The number of alkyl halides is 3. The first-order valence-corrected chi connectivity index (χ1v) is 10.6. The van der Waals surface area contributed by atoms with Crippen molar-refractivity contribution in [3.05, 3.63) is 76.1 Å². The molecule has 0 radical (unpaired) electrons. The maximum absolute atomic E-state index is 13.5. The van der Waals surface area contributed by atoms with E-state index in [1.54, 1.807) is 31.3 Å². The summed E-state index contributed by atoms with van der Waals surface area (Å²) >= 11 is 5.72. The molecule has 2 amide bonds. The third kappa shape index (κ3) is 4.45. The SMILES string of the molecule is COc1ccc(C(=O)N2CCC(NC(=O)c3ccc(Cl)cc3C(F)(F)F)c3c2cnn3C)cc1. The Morgan fingerprint density at radius 2 is 1.88 bits per heavy atom. The normalized spacial score (nSPS) is 15.6. The molecule has 1 aliphatic heterocycles. The molecule has 0 saturated heterocycles. The molecule has 0 fully saturated rings. The topological polar surface area (TPSA) is 76.5 Å². The van der Waals surface area contributed by atoms with Crippen molar-refractivity contribution in [1.82, 2.24) is 15.1 Å². The van der Waals surface area contributed by atoms with Gasteiger partial charge in [-0.2, -0.15) is 18.3 Å². The average Bonchev–Trinajstić information content (AvgIpc) is 3.20. The predicted octanol–water partition coefficient (Wildman–Crippen LogP) is 4.62. The summed E-state index contributed by atoms with van der Waals surface area (Å²) in [4.78, 5) is 27.5. The lowest BCUT2D eigenvalue weighted by molar-refractivity contribution is -0.137. The van der Waals surface area contributed by atoms with E-state index in [1.807, 2.05) is 0 Å². The van der Waals surface area contributed by atoms with E-state index >= 15 is 0 Å². The number of carbonyl (C=O) groups excluding carboxylic acids is 2. The molecule has 0 spiro atoms. The van der Waals surface area contributed by atoms with Gasteiger partial charge >= 0.3 is 6.18 Å². The highest BCUT2D eigenvalue weighted by Crippen LogP contribution is 2.37. The zero-order valence-corrected chi connectivity index (χ0v) is 18.9. The number of nitrogens with one attached hydrogen (secondary N) is 1. The Morgan fingerprint density at radius 3 is 2.53 bits per heavy atom. The molecule has 1 N–H and O–H groups in total. The third-order valence-electron chi connectivity index (χ3n) is 5.65. The van der Waals surface area contributed by atoms with E-state index in [0.29, 0.717) is 22.7 Å². The van der Waals surface area contributed by atoms with Gasteiger partial charge in [0.1, 0.15) is 5.75 Å². The van der Waals surface area contributed by atoms with Crippen LogP contribution >= 0.6 is 11.6 Å². The molecule has 4 rings (SSSR count). The van der Waals surface area contributed by atoms with Gasteiger partial charge < -0.3 is 15.0 Å². The van der Waals surface area contributed by atoms with Crippen LogP contribution in [0.4, 0.5) is 18.9 Å². The number of aryl methyl sites for hydroxylation is 1. The molecule has 3 aromatic rings. The minimum atomic E-state index is -4.75. The molecule has 11 heteroatoms. The van der Waals surface area contributed by atoms with Crippen molar-refractivity contribution < 1.29 is 27.5 Å². The summed E-state index contributed by atoms with van der Waals surface area (Å²) in [6, 6.07) is 9.00. The van der Waals surface area contributed by atoms with Crippen LogP contribution < -0.4 is 15.0 Å². The van der Waals surface area contributed by atoms with Crippen LogP contribution in [-0.4, -0.2) is 35.2 Å². The van der Waals surface area contributed by atoms with Crippen LogP contribution in [-0.2, 0) is 13.2 Å². The van der Waals surface area contributed by atoms with Crippen LogP contribution in [0.1, 0.15) is 44.4 Å². The standard InChI is InChI=1S/C23H20ClF3N4O3/c1-30-20-18(29-21(32)16-8-5-14(24)11-17(16)23(25,26)27)9-10-31(19(20)12-28-30)22(33)13-3-6-15(34-2)7-4-13/h3-8,11-12,18H,9-10H2,1-2H3,(H,29,32). The monoisotopic (exact) mass is 492 g/mol. The molecule has 0 bridgehead atoms. The Labute approximate surface area is 198 Å². The number of amides is 2. The van der Waals surface area contributed by atoms with E-state index in [0.717, 1.165) is 12.1 Å². The lowest BCUT2D eigenvalue weighted by atomic mass is 10.0. The van der Waals surface area contributed by atoms with E-state index < -0.39 is 29.3 Å². The highest BCUT2D eigenvalue weighted by Gasteiger charge is 2.37. The van der Waals surface area contributed by atoms with Crippen LogP contribution in [0.3, 0.4) is 0 Å². The Hall–Kier alpha value is -3.53. The van der Waals surface area contributed by atoms with Gasteiger partial charge in [0, 0.05) is 24.2 Å². The highest BCUT2D eigenvalue weighted by molar-refractivity contribution is 6.30. The van der Waals surface area contributed by atoms with Crippen molar-refractivity contribution in [2.75, 3.05) is 18.6 Å². The van der Waals surface area contributed by atoms with Crippen LogP contribution in [0.2, 0.25) is 5.02 Å². The van der Waals surface area contributed by atoms with Gasteiger partial charge in [0.2, 0.25) is 0 Å². The van der Waals surface area contributed by atoms with E-state index in [1.165, 1.54) is 29.0 Å². The van der Waals surface area contributed by atoms with Crippen molar-refractivity contribution >= 4 is 29.1 Å². The summed E-state index contributed by atoms with van der Waals surface area (Å²) < 4.78 is 47.0. The molecule has 1 unspecified atom stereocenters. The second-order valence-corrected chi connectivity index (χ2v) is 8.16. The quantitative estimate of drug-likeness (QED) is 0.576. The Morgan fingerprint density at radius 1 is 1.18 bits per heavy atom. The summed E-state index contributed by atoms with van der Waals surface area (Å²) in [5.74, 6) is -0.546. The number of hydrogen-bond donors (Lipinski definition) is 1. The van der Waals surface area contributed by atoms with Gasteiger partial charge in [-0.3, -0.25) is 14.3 Å². The molecule has 1 aromatic heterocycles. The molecule has 2 heterocycles.